The molecule has 0 bridgehead atoms. The van der Waals surface area contributed by atoms with E-state index in [-0.39, 0.29) is 23.0 Å². The Labute approximate surface area is 117 Å². The van der Waals surface area contributed by atoms with Crippen molar-refractivity contribution in [3.8, 4) is 6.07 Å². The standard InChI is InChI=1S/C13H15FN2O3S/c1-19-7-6-16(11-2-3-11)20(17,18)12-4-5-13(14)10(8-12)9-15/h4-5,8,11H,2-3,6-7H2,1H3. The number of nitriles is 1. The maximum Gasteiger partial charge on any atom is 0.243 e. The summed E-state index contributed by atoms with van der Waals surface area (Å²) in [6.45, 7) is 0.546. The predicted octanol–water partition coefficient (Wildman–Crippen LogP) is 1.50. The van der Waals surface area contributed by atoms with E-state index in [1.54, 1.807) is 6.07 Å². The van der Waals surface area contributed by atoms with Crippen LogP contribution >= 0.6 is 0 Å². The average molecular weight is 298 g/mol. The van der Waals surface area contributed by atoms with E-state index in [9.17, 15) is 12.8 Å². The minimum absolute atomic E-state index is 0.0225. The van der Waals surface area contributed by atoms with Crippen LogP contribution in [0.25, 0.3) is 0 Å². The Morgan fingerprint density at radius 3 is 2.75 bits per heavy atom. The second-order valence-electron chi connectivity index (χ2n) is 4.59. The number of hydrogen-bond acceptors (Lipinski definition) is 4. The van der Waals surface area contributed by atoms with Gasteiger partial charge in [-0.1, -0.05) is 0 Å². The van der Waals surface area contributed by atoms with Crippen LogP contribution < -0.4 is 0 Å². The Morgan fingerprint density at radius 2 is 2.20 bits per heavy atom. The van der Waals surface area contributed by atoms with Crippen molar-refractivity contribution in [2.45, 2.75) is 23.8 Å². The van der Waals surface area contributed by atoms with Gasteiger partial charge in [-0.15, -0.1) is 0 Å². The third-order valence-electron chi connectivity index (χ3n) is 3.13. The van der Waals surface area contributed by atoms with Crippen LogP contribution in [0.2, 0.25) is 0 Å². The Morgan fingerprint density at radius 1 is 1.50 bits per heavy atom. The van der Waals surface area contributed by atoms with Gasteiger partial charge in [-0.3, -0.25) is 0 Å². The fourth-order valence-corrected chi connectivity index (χ4v) is 3.62. The van der Waals surface area contributed by atoms with Crippen molar-refractivity contribution in [3.05, 3.63) is 29.6 Å². The van der Waals surface area contributed by atoms with E-state index < -0.39 is 15.8 Å². The molecule has 0 unspecified atom stereocenters. The molecule has 0 aromatic heterocycles. The van der Waals surface area contributed by atoms with Gasteiger partial charge in [0.25, 0.3) is 0 Å². The zero-order valence-corrected chi connectivity index (χ0v) is 11.9. The van der Waals surface area contributed by atoms with E-state index in [1.165, 1.54) is 17.5 Å². The summed E-state index contributed by atoms with van der Waals surface area (Å²) in [6, 6.07) is 4.90. The van der Waals surface area contributed by atoms with Gasteiger partial charge in [-0.05, 0) is 31.0 Å². The fourth-order valence-electron chi connectivity index (χ4n) is 1.93. The van der Waals surface area contributed by atoms with Gasteiger partial charge in [0, 0.05) is 19.7 Å². The Balaban J connectivity index is 2.35. The van der Waals surface area contributed by atoms with E-state index in [4.69, 9.17) is 10.00 Å². The molecule has 0 aliphatic heterocycles. The molecule has 1 aromatic carbocycles. The lowest BCUT2D eigenvalue weighted by Crippen LogP contribution is -2.35. The first-order valence-corrected chi connectivity index (χ1v) is 7.65. The summed E-state index contributed by atoms with van der Waals surface area (Å²) in [7, 11) is -2.22. The van der Waals surface area contributed by atoms with E-state index in [2.05, 4.69) is 0 Å². The lowest BCUT2D eigenvalue weighted by atomic mass is 10.2. The Kier molecular flexibility index (Phi) is 4.38. The van der Waals surface area contributed by atoms with Crippen LogP contribution in [0.15, 0.2) is 23.1 Å². The normalized spacial score (nSPS) is 15.3. The minimum Gasteiger partial charge on any atom is -0.383 e. The highest BCUT2D eigenvalue weighted by Gasteiger charge is 2.37. The van der Waals surface area contributed by atoms with Crippen molar-refractivity contribution in [2.24, 2.45) is 0 Å². The van der Waals surface area contributed by atoms with Crippen molar-refractivity contribution in [2.75, 3.05) is 20.3 Å². The first-order chi connectivity index (χ1) is 9.50. The molecule has 1 aromatic rings. The molecular formula is C13H15FN2O3S. The number of ether oxygens (including phenoxy) is 1. The van der Waals surface area contributed by atoms with Gasteiger partial charge in [-0.25, -0.2) is 12.8 Å². The molecule has 20 heavy (non-hydrogen) atoms. The third-order valence-corrected chi connectivity index (χ3v) is 5.08. The highest BCUT2D eigenvalue weighted by molar-refractivity contribution is 7.89. The van der Waals surface area contributed by atoms with Crippen LogP contribution in [-0.4, -0.2) is 39.0 Å². The summed E-state index contributed by atoms with van der Waals surface area (Å²) in [4.78, 5) is -0.0570. The SMILES string of the molecule is COCCN(C1CC1)S(=O)(=O)c1ccc(F)c(C#N)c1. The average Bonchev–Trinajstić information content (AvgIpc) is 3.24. The Hall–Kier alpha value is -1.49. The molecule has 0 amide bonds. The first kappa shape index (κ1) is 14.9. The molecule has 1 saturated carbocycles. The topological polar surface area (TPSA) is 70.4 Å². The molecule has 0 saturated heterocycles. The molecule has 1 fully saturated rings. The zero-order valence-electron chi connectivity index (χ0n) is 11.0. The van der Waals surface area contributed by atoms with Crippen molar-refractivity contribution < 1.29 is 17.5 Å². The van der Waals surface area contributed by atoms with Gasteiger partial charge in [0.2, 0.25) is 10.0 Å². The highest BCUT2D eigenvalue weighted by atomic mass is 32.2. The lowest BCUT2D eigenvalue weighted by Gasteiger charge is -2.21. The van der Waals surface area contributed by atoms with Gasteiger partial charge in [-0.2, -0.15) is 9.57 Å². The fraction of sp³-hybridized carbons (Fsp3) is 0.462. The van der Waals surface area contributed by atoms with E-state index in [0.717, 1.165) is 25.0 Å². The smallest absolute Gasteiger partial charge is 0.243 e. The number of halogens is 1. The van der Waals surface area contributed by atoms with Gasteiger partial charge < -0.3 is 4.74 Å². The number of rotatable bonds is 6. The zero-order chi connectivity index (χ0) is 14.8. The highest BCUT2D eigenvalue weighted by Crippen LogP contribution is 2.32. The molecule has 7 heteroatoms. The predicted molar refractivity (Wildman–Crippen MR) is 69.9 cm³/mol. The van der Waals surface area contributed by atoms with Crippen LogP contribution in [0.4, 0.5) is 4.39 Å². The molecule has 1 aliphatic rings. The molecule has 0 N–H and O–H groups in total. The lowest BCUT2D eigenvalue weighted by molar-refractivity contribution is 0.177. The molecule has 2 rings (SSSR count). The van der Waals surface area contributed by atoms with E-state index in [0.29, 0.717) is 6.61 Å². The van der Waals surface area contributed by atoms with Gasteiger partial charge >= 0.3 is 0 Å². The van der Waals surface area contributed by atoms with Crippen molar-refractivity contribution in [3.63, 3.8) is 0 Å². The number of hydrogen-bond donors (Lipinski definition) is 0. The van der Waals surface area contributed by atoms with Crippen molar-refractivity contribution >= 4 is 10.0 Å². The summed E-state index contributed by atoms with van der Waals surface area (Å²) < 4.78 is 44.6. The number of methoxy groups -OCH3 is 1. The second kappa shape index (κ2) is 5.87. The van der Waals surface area contributed by atoms with Gasteiger partial charge in [0.05, 0.1) is 17.1 Å². The van der Waals surface area contributed by atoms with Crippen LogP contribution in [-0.2, 0) is 14.8 Å². The molecule has 0 spiro atoms. The number of benzene rings is 1. The third kappa shape index (κ3) is 2.98. The first-order valence-electron chi connectivity index (χ1n) is 6.21. The molecule has 0 atom stereocenters. The molecule has 0 heterocycles. The van der Waals surface area contributed by atoms with Crippen LogP contribution in [0.1, 0.15) is 18.4 Å². The molecule has 5 nitrogen and oxygen atoms in total. The molecular weight excluding hydrogens is 283 g/mol. The molecule has 108 valence electrons. The molecule has 0 radical (unpaired) electrons. The summed E-state index contributed by atoms with van der Waals surface area (Å²) in [5.74, 6) is -0.721. The second-order valence-corrected chi connectivity index (χ2v) is 6.48. The van der Waals surface area contributed by atoms with E-state index >= 15 is 0 Å². The summed E-state index contributed by atoms with van der Waals surface area (Å²) in [5.41, 5.74) is -0.270. The number of nitrogens with zero attached hydrogens (tertiary/aromatic N) is 2. The van der Waals surface area contributed by atoms with Crippen LogP contribution in [0.3, 0.4) is 0 Å². The number of sulfonamides is 1. The summed E-state index contributed by atoms with van der Waals surface area (Å²) in [5, 5.41) is 8.79. The van der Waals surface area contributed by atoms with Crippen molar-refractivity contribution in [1.29, 1.82) is 5.26 Å². The Bertz CT molecular complexity index is 636. The molecule has 1 aliphatic carbocycles. The van der Waals surface area contributed by atoms with Crippen LogP contribution in [0.5, 0.6) is 0 Å². The quantitative estimate of drug-likeness (QED) is 0.798. The van der Waals surface area contributed by atoms with Crippen LogP contribution in [0, 0.1) is 17.1 Å². The maximum absolute atomic E-state index is 13.3. The summed E-state index contributed by atoms with van der Waals surface area (Å²) in [6.07, 6.45) is 1.63. The summed E-state index contributed by atoms with van der Waals surface area (Å²) >= 11 is 0. The largest absolute Gasteiger partial charge is 0.383 e. The minimum atomic E-state index is -3.72. The maximum atomic E-state index is 13.3. The van der Waals surface area contributed by atoms with E-state index in [1.807, 2.05) is 0 Å². The van der Waals surface area contributed by atoms with Gasteiger partial charge in [0.1, 0.15) is 11.9 Å². The van der Waals surface area contributed by atoms with Crippen molar-refractivity contribution in [1.82, 2.24) is 4.31 Å². The monoisotopic (exact) mass is 298 g/mol. The van der Waals surface area contributed by atoms with Gasteiger partial charge in [0.15, 0.2) is 0 Å².